The zero-order valence-electron chi connectivity index (χ0n) is 13.1. The summed E-state index contributed by atoms with van der Waals surface area (Å²) in [5, 5.41) is 3.58. The smallest absolute Gasteiger partial charge is 0.00115 e. The van der Waals surface area contributed by atoms with E-state index in [1.54, 1.807) is 0 Å². The molecule has 1 aliphatic heterocycles. The summed E-state index contributed by atoms with van der Waals surface area (Å²) < 4.78 is 0. The molecule has 0 bridgehead atoms. The second kappa shape index (κ2) is 6.44. The van der Waals surface area contributed by atoms with E-state index in [0.717, 1.165) is 13.1 Å². The topological polar surface area (TPSA) is 12.0 Å². The minimum absolute atomic E-state index is 0.686. The van der Waals surface area contributed by atoms with Gasteiger partial charge in [-0.15, -0.1) is 0 Å². The molecule has 1 heteroatoms. The van der Waals surface area contributed by atoms with Crippen molar-refractivity contribution in [2.24, 2.45) is 5.92 Å². The van der Waals surface area contributed by atoms with Gasteiger partial charge < -0.3 is 5.32 Å². The van der Waals surface area contributed by atoms with Gasteiger partial charge in [-0.05, 0) is 73.9 Å². The first kappa shape index (κ1) is 14.3. The van der Waals surface area contributed by atoms with Crippen LogP contribution in [0.15, 0.2) is 48.5 Å². The number of hydrogen-bond donors (Lipinski definition) is 1. The van der Waals surface area contributed by atoms with Crippen molar-refractivity contribution >= 4 is 0 Å². The number of aryl methyl sites for hydroxylation is 2. The summed E-state index contributed by atoms with van der Waals surface area (Å²) in [6, 6.07) is 17.9. The summed E-state index contributed by atoms with van der Waals surface area (Å²) in [5.74, 6) is 1.38. The maximum Gasteiger partial charge on any atom is -0.00115 e. The van der Waals surface area contributed by atoms with Crippen LogP contribution in [0.5, 0.6) is 0 Å². The van der Waals surface area contributed by atoms with Crippen LogP contribution in [-0.4, -0.2) is 13.1 Å². The monoisotopic (exact) mass is 279 g/mol. The summed E-state index contributed by atoms with van der Waals surface area (Å²) in [7, 11) is 0. The highest BCUT2D eigenvalue weighted by atomic mass is 14.9. The van der Waals surface area contributed by atoms with Gasteiger partial charge in [0.15, 0.2) is 0 Å². The molecule has 0 aromatic heterocycles. The Balaban J connectivity index is 1.82. The largest absolute Gasteiger partial charge is 0.316 e. The Morgan fingerprint density at radius 3 is 2.57 bits per heavy atom. The van der Waals surface area contributed by atoms with Crippen LogP contribution in [0.2, 0.25) is 0 Å². The van der Waals surface area contributed by atoms with Crippen molar-refractivity contribution in [1.82, 2.24) is 5.32 Å². The average molecular weight is 279 g/mol. The lowest BCUT2D eigenvalue weighted by molar-refractivity contribution is 0.324. The van der Waals surface area contributed by atoms with Crippen molar-refractivity contribution in [2.45, 2.75) is 32.6 Å². The van der Waals surface area contributed by atoms with E-state index in [9.17, 15) is 0 Å². The highest BCUT2D eigenvalue weighted by molar-refractivity contribution is 5.33. The Hall–Kier alpha value is -1.60. The number of rotatable bonds is 3. The maximum atomic E-state index is 3.58. The van der Waals surface area contributed by atoms with Crippen molar-refractivity contribution < 1.29 is 0 Å². The van der Waals surface area contributed by atoms with Gasteiger partial charge in [-0.2, -0.15) is 0 Å². The van der Waals surface area contributed by atoms with Gasteiger partial charge >= 0.3 is 0 Å². The Bertz CT molecular complexity index is 588. The van der Waals surface area contributed by atoms with E-state index in [-0.39, 0.29) is 0 Å². The molecular weight excluding hydrogens is 254 g/mol. The third-order valence-corrected chi connectivity index (χ3v) is 4.91. The molecule has 1 heterocycles. The lowest BCUT2D eigenvalue weighted by Gasteiger charge is -2.33. The van der Waals surface area contributed by atoms with Gasteiger partial charge in [0, 0.05) is 0 Å². The molecule has 0 aliphatic carbocycles. The molecule has 1 aliphatic rings. The maximum absolute atomic E-state index is 3.58. The molecule has 2 aromatic carbocycles. The normalized spacial score (nSPS) is 22.2. The summed E-state index contributed by atoms with van der Waals surface area (Å²) in [6.45, 7) is 6.70. The third-order valence-electron chi connectivity index (χ3n) is 4.91. The summed E-state index contributed by atoms with van der Waals surface area (Å²) in [4.78, 5) is 0. The molecule has 1 saturated heterocycles. The zero-order valence-corrected chi connectivity index (χ0v) is 13.1. The SMILES string of the molecule is Cc1ccc(C2CCNCC2Cc2ccccc2)cc1C. The molecule has 0 saturated carbocycles. The average Bonchev–Trinajstić information content (AvgIpc) is 2.52. The first-order chi connectivity index (χ1) is 10.2. The van der Waals surface area contributed by atoms with Gasteiger partial charge in [0.25, 0.3) is 0 Å². The minimum Gasteiger partial charge on any atom is -0.316 e. The first-order valence-electron chi connectivity index (χ1n) is 8.06. The zero-order chi connectivity index (χ0) is 14.7. The van der Waals surface area contributed by atoms with Gasteiger partial charge in [-0.25, -0.2) is 0 Å². The molecule has 21 heavy (non-hydrogen) atoms. The van der Waals surface area contributed by atoms with Crippen LogP contribution < -0.4 is 5.32 Å². The molecule has 1 N–H and O–H groups in total. The van der Waals surface area contributed by atoms with Gasteiger partial charge in [-0.3, -0.25) is 0 Å². The van der Waals surface area contributed by atoms with Gasteiger partial charge in [0.05, 0.1) is 0 Å². The molecular formula is C20H25N. The predicted octanol–water partition coefficient (Wildman–Crippen LogP) is 4.24. The van der Waals surface area contributed by atoms with Crippen LogP contribution in [0.3, 0.4) is 0 Å². The predicted molar refractivity (Wildman–Crippen MR) is 89.8 cm³/mol. The van der Waals surface area contributed by atoms with E-state index < -0.39 is 0 Å². The molecule has 110 valence electrons. The lowest BCUT2D eigenvalue weighted by Crippen LogP contribution is -2.36. The Morgan fingerprint density at radius 1 is 1.00 bits per heavy atom. The van der Waals surface area contributed by atoms with E-state index >= 15 is 0 Å². The second-order valence-corrected chi connectivity index (χ2v) is 6.39. The Labute approximate surface area is 128 Å². The van der Waals surface area contributed by atoms with Crippen LogP contribution in [0.25, 0.3) is 0 Å². The van der Waals surface area contributed by atoms with E-state index in [0.29, 0.717) is 11.8 Å². The quantitative estimate of drug-likeness (QED) is 0.886. The van der Waals surface area contributed by atoms with Crippen LogP contribution in [0, 0.1) is 19.8 Å². The van der Waals surface area contributed by atoms with Crippen LogP contribution >= 0.6 is 0 Å². The molecule has 0 spiro atoms. The number of nitrogens with one attached hydrogen (secondary N) is 1. The fraction of sp³-hybridized carbons (Fsp3) is 0.400. The van der Waals surface area contributed by atoms with Gasteiger partial charge in [0.1, 0.15) is 0 Å². The molecule has 2 aromatic rings. The van der Waals surface area contributed by atoms with Gasteiger partial charge in [0.2, 0.25) is 0 Å². The highest BCUT2D eigenvalue weighted by Gasteiger charge is 2.26. The van der Waals surface area contributed by atoms with Crippen molar-refractivity contribution in [1.29, 1.82) is 0 Å². The second-order valence-electron chi connectivity index (χ2n) is 6.39. The van der Waals surface area contributed by atoms with Crippen LogP contribution in [-0.2, 0) is 6.42 Å². The third kappa shape index (κ3) is 3.36. The van der Waals surface area contributed by atoms with Crippen molar-refractivity contribution in [2.75, 3.05) is 13.1 Å². The Morgan fingerprint density at radius 2 is 1.81 bits per heavy atom. The number of hydrogen-bond acceptors (Lipinski definition) is 1. The standard InChI is InChI=1S/C20H25N/c1-15-8-9-18(12-16(15)2)20-10-11-21-14-19(20)13-17-6-4-3-5-7-17/h3-9,12,19-21H,10-11,13-14H2,1-2H3. The summed E-state index contributed by atoms with van der Waals surface area (Å²) in [5.41, 5.74) is 5.80. The number of benzene rings is 2. The number of piperidine rings is 1. The molecule has 1 fully saturated rings. The molecule has 2 atom stereocenters. The van der Waals surface area contributed by atoms with E-state index in [2.05, 4.69) is 67.7 Å². The van der Waals surface area contributed by atoms with Crippen molar-refractivity contribution in [3.8, 4) is 0 Å². The van der Waals surface area contributed by atoms with Gasteiger partial charge in [-0.1, -0.05) is 48.5 Å². The van der Waals surface area contributed by atoms with E-state index in [4.69, 9.17) is 0 Å². The highest BCUT2D eigenvalue weighted by Crippen LogP contribution is 2.33. The molecule has 3 rings (SSSR count). The van der Waals surface area contributed by atoms with Crippen LogP contribution in [0.4, 0.5) is 0 Å². The summed E-state index contributed by atoms with van der Waals surface area (Å²) >= 11 is 0. The van der Waals surface area contributed by atoms with Crippen molar-refractivity contribution in [3.05, 3.63) is 70.8 Å². The lowest BCUT2D eigenvalue weighted by atomic mass is 9.77. The molecule has 0 radical (unpaired) electrons. The molecule has 1 nitrogen and oxygen atoms in total. The fourth-order valence-corrected chi connectivity index (χ4v) is 3.49. The van der Waals surface area contributed by atoms with Crippen LogP contribution in [0.1, 0.15) is 34.6 Å². The first-order valence-corrected chi connectivity index (χ1v) is 8.06. The summed E-state index contributed by atoms with van der Waals surface area (Å²) in [6.07, 6.45) is 2.42. The molecule has 0 amide bonds. The molecule has 2 unspecified atom stereocenters. The minimum atomic E-state index is 0.686. The van der Waals surface area contributed by atoms with E-state index in [1.807, 2.05) is 0 Å². The Kier molecular flexibility index (Phi) is 4.40. The van der Waals surface area contributed by atoms with E-state index in [1.165, 1.54) is 35.1 Å². The van der Waals surface area contributed by atoms with Crippen molar-refractivity contribution in [3.63, 3.8) is 0 Å². The fourth-order valence-electron chi connectivity index (χ4n) is 3.49.